The average molecular weight is 305 g/mol. The minimum Gasteiger partial charge on any atom is -0.394 e. The topological polar surface area (TPSA) is 194 Å². The molecule has 0 aromatic rings. The van der Waals surface area contributed by atoms with Crippen molar-refractivity contribution in [1.82, 2.24) is 0 Å². The number of ether oxygens (including phenoxy) is 1. The highest BCUT2D eigenvalue weighted by Gasteiger charge is 2.42. The molecule has 1 aliphatic rings. The Morgan fingerprint density at radius 2 is 1.58 bits per heavy atom. The molecule has 19 heavy (non-hydrogen) atoms. The zero-order valence-electron chi connectivity index (χ0n) is 9.98. The van der Waals surface area contributed by atoms with E-state index in [1.165, 1.54) is 0 Å². The van der Waals surface area contributed by atoms with Crippen LogP contribution in [0.25, 0.3) is 0 Å². The van der Waals surface area contributed by atoms with Crippen LogP contribution in [-0.4, -0.2) is 85.3 Å². The summed E-state index contributed by atoms with van der Waals surface area (Å²) >= 11 is 0. The van der Waals surface area contributed by atoms with Gasteiger partial charge in [-0.2, -0.15) is 0 Å². The van der Waals surface area contributed by atoms with Gasteiger partial charge >= 0.3 is 7.60 Å². The van der Waals surface area contributed by atoms with Crippen molar-refractivity contribution < 1.29 is 44.6 Å². The zero-order chi connectivity index (χ0) is 15.2. The van der Waals surface area contributed by atoms with Crippen molar-refractivity contribution in [2.75, 3.05) is 19.3 Å². The second kappa shape index (κ2) is 8.22. The van der Waals surface area contributed by atoms with Gasteiger partial charge in [0.2, 0.25) is 0 Å². The summed E-state index contributed by atoms with van der Waals surface area (Å²) in [6.07, 6.45) is -7.26. The minimum absolute atomic E-state index is 0.0459. The molecule has 10 nitrogen and oxygen atoms in total. The van der Waals surface area contributed by atoms with Gasteiger partial charge in [0.15, 0.2) is 6.29 Å². The smallest absolute Gasteiger partial charge is 0.326 e. The average Bonchev–Trinajstić information content (AvgIpc) is 2.30. The first-order chi connectivity index (χ1) is 8.64. The molecule has 0 saturated carbocycles. The van der Waals surface area contributed by atoms with Gasteiger partial charge in [-0.05, 0) is 0 Å². The van der Waals surface area contributed by atoms with E-state index < -0.39 is 44.9 Å². The SMILES string of the molecule is NCCP(=O)(O)O.OC[C@H]1O[C@@H](O)[C@H](O)[C@@H](O)[C@H]1O. The summed E-state index contributed by atoms with van der Waals surface area (Å²) in [6, 6.07) is 0. The van der Waals surface area contributed by atoms with Gasteiger partial charge in [-0.15, -0.1) is 0 Å². The van der Waals surface area contributed by atoms with E-state index in [0.29, 0.717) is 0 Å². The van der Waals surface area contributed by atoms with Gasteiger partial charge in [0.25, 0.3) is 0 Å². The fourth-order valence-electron chi connectivity index (χ4n) is 1.25. The molecular weight excluding hydrogens is 285 g/mol. The van der Waals surface area contributed by atoms with Crippen LogP contribution in [0.5, 0.6) is 0 Å². The van der Waals surface area contributed by atoms with E-state index in [0.717, 1.165) is 0 Å². The normalized spacial score (nSPS) is 35.5. The molecule has 9 N–H and O–H groups in total. The first-order valence-electron chi connectivity index (χ1n) is 5.37. The molecule has 0 amide bonds. The van der Waals surface area contributed by atoms with Crippen LogP contribution in [0.4, 0.5) is 0 Å². The van der Waals surface area contributed by atoms with Gasteiger partial charge in [0.05, 0.1) is 12.8 Å². The lowest BCUT2D eigenvalue weighted by Gasteiger charge is -2.37. The van der Waals surface area contributed by atoms with Gasteiger partial charge in [-0.1, -0.05) is 0 Å². The van der Waals surface area contributed by atoms with Gasteiger partial charge in [-0.3, -0.25) is 4.57 Å². The molecule has 11 heteroatoms. The van der Waals surface area contributed by atoms with E-state index in [1.54, 1.807) is 0 Å². The van der Waals surface area contributed by atoms with Gasteiger partial charge in [0, 0.05) is 6.54 Å². The summed E-state index contributed by atoms with van der Waals surface area (Å²) in [7, 11) is -3.79. The highest BCUT2D eigenvalue weighted by atomic mass is 31.2. The second-order valence-corrected chi connectivity index (χ2v) is 5.67. The summed E-state index contributed by atoms with van der Waals surface area (Å²) in [5, 5.41) is 44.7. The van der Waals surface area contributed by atoms with Crippen molar-refractivity contribution in [2.45, 2.75) is 30.7 Å². The molecule has 116 valence electrons. The van der Waals surface area contributed by atoms with Crippen LogP contribution in [-0.2, 0) is 9.30 Å². The summed E-state index contributed by atoms with van der Waals surface area (Å²) < 4.78 is 14.4. The maximum Gasteiger partial charge on any atom is 0.326 e. The lowest BCUT2D eigenvalue weighted by Crippen LogP contribution is -2.58. The minimum atomic E-state index is -3.79. The van der Waals surface area contributed by atoms with Crippen LogP contribution >= 0.6 is 7.60 Å². The lowest BCUT2D eigenvalue weighted by atomic mass is 10.00. The van der Waals surface area contributed by atoms with Gasteiger partial charge < -0.3 is 45.8 Å². The molecule has 1 aliphatic heterocycles. The Morgan fingerprint density at radius 3 is 1.89 bits per heavy atom. The van der Waals surface area contributed by atoms with E-state index in [4.69, 9.17) is 41.1 Å². The number of hydrogen-bond acceptors (Lipinski definition) is 8. The maximum atomic E-state index is 9.85. The maximum absolute atomic E-state index is 9.85. The Hall–Kier alpha value is -0.130. The molecular formula is C8H20NO9P. The first-order valence-corrected chi connectivity index (χ1v) is 7.17. The zero-order valence-corrected chi connectivity index (χ0v) is 10.9. The van der Waals surface area contributed by atoms with Crippen LogP contribution in [0.15, 0.2) is 0 Å². The van der Waals surface area contributed by atoms with Crippen LogP contribution < -0.4 is 5.73 Å². The monoisotopic (exact) mass is 305 g/mol. The summed E-state index contributed by atoms with van der Waals surface area (Å²) in [5.74, 6) is 0. The second-order valence-electron chi connectivity index (χ2n) is 3.90. The Balaban J connectivity index is 0.000000399. The molecule has 0 unspecified atom stereocenters. The fraction of sp³-hybridized carbons (Fsp3) is 1.00. The van der Waals surface area contributed by atoms with E-state index in [-0.39, 0.29) is 12.7 Å². The Kier molecular flexibility index (Phi) is 8.17. The third kappa shape index (κ3) is 6.72. The predicted molar refractivity (Wildman–Crippen MR) is 62.0 cm³/mol. The van der Waals surface area contributed by atoms with E-state index in [2.05, 4.69) is 4.74 Å². The quantitative estimate of drug-likeness (QED) is 0.237. The number of aliphatic hydroxyl groups excluding tert-OH is 5. The molecule has 0 aliphatic carbocycles. The summed E-state index contributed by atoms with van der Waals surface area (Å²) in [5.41, 5.74) is 4.82. The highest BCUT2D eigenvalue weighted by molar-refractivity contribution is 7.51. The largest absolute Gasteiger partial charge is 0.394 e. The molecule has 0 radical (unpaired) electrons. The number of aliphatic hydroxyl groups is 5. The third-order valence-corrected chi connectivity index (χ3v) is 3.13. The van der Waals surface area contributed by atoms with E-state index >= 15 is 0 Å². The van der Waals surface area contributed by atoms with Crippen molar-refractivity contribution in [1.29, 1.82) is 0 Å². The molecule has 0 spiro atoms. The van der Waals surface area contributed by atoms with Crippen LogP contribution in [0, 0.1) is 0 Å². The van der Waals surface area contributed by atoms with Crippen molar-refractivity contribution in [3.05, 3.63) is 0 Å². The van der Waals surface area contributed by atoms with Crippen molar-refractivity contribution in [2.24, 2.45) is 5.73 Å². The summed E-state index contributed by atoms with van der Waals surface area (Å²) in [4.78, 5) is 16.1. The molecule has 1 fully saturated rings. The Bertz CT molecular complexity index is 293. The van der Waals surface area contributed by atoms with Crippen LogP contribution in [0.2, 0.25) is 0 Å². The van der Waals surface area contributed by atoms with Gasteiger partial charge in [-0.25, -0.2) is 0 Å². The van der Waals surface area contributed by atoms with Crippen molar-refractivity contribution in [3.63, 3.8) is 0 Å². The lowest BCUT2D eigenvalue weighted by molar-refractivity contribution is -0.286. The fourth-order valence-corrected chi connectivity index (χ4v) is 1.59. The first kappa shape index (κ1) is 18.9. The number of nitrogens with two attached hydrogens (primary N) is 1. The molecule has 1 heterocycles. The van der Waals surface area contributed by atoms with Crippen molar-refractivity contribution in [3.8, 4) is 0 Å². The molecule has 1 saturated heterocycles. The standard InChI is InChI=1S/C6H12O6.C2H8NO3P/c7-1-2-3(8)4(9)5(10)6(11)12-2;3-1-2-7(4,5)6/h2-11H,1H2;1-3H2,(H2,4,5,6)/t2-,3+,4+,5-,6-;/m1./s1. The molecule has 0 bridgehead atoms. The van der Waals surface area contributed by atoms with Gasteiger partial charge in [0.1, 0.15) is 24.4 Å². The molecule has 1 rings (SSSR count). The molecule has 0 aromatic carbocycles. The number of hydrogen-bond donors (Lipinski definition) is 8. The molecule has 0 aromatic heterocycles. The van der Waals surface area contributed by atoms with Crippen molar-refractivity contribution >= 4 is 7.60 Å². The predicted octanol–water partition coefficient (Wildman–Crippen LogP) is -4.10. The molecule has 5 atom stereocenters. The Labute approximate surface area is 109 Å². The third-order valence-electron chi connectivity index (χ3n) is 2.29. The van der Waals surface area contributed by atoms with E-state index in [9.17, 15) is 4.57 Å². The van der Waals surface area contributed by atoms with Crippen LogP contribution in [0.1, 0.15) is 0 Å². The van der Waals surface area contributed by atoms with E-state index in [1.807, 2.05) is 0 Å². The highest BCUT2D eigenvalue weighted by Crippen LogP contribution is 2.32. The Morgan fingerprint density at radius 1 is 1.05 bits per heavy atom. The van der Waals surface area contributed by atoms with Crippen LogP contribution in [0.3, 0.4) is 0 Å². The number of rotatable bonds is 3. The summed E-state index contributed by atoms with van der Waals surface area (Å²) in [6.45, 7) is -0.480.